The van der Waals surface area contributed by atoms with Gasteiger partial charge in [-0.2, -0.15) is 0 Å². The zero-order chi connectivity index (χ0) is 9.42. The molecule has 0 spiro atoms. The quantitative estimate of drug-likeness (QED) is 0.667. The fraction of sp³-hybridized carbons (Fsp3) is 0.400. The highest BCUT2D eigenvalue weighted by molar-refractivity contribution is 5.44. The Hall–Kier alpha value is -1.25. The zero-order valence-electron chi connectivity index (χ0n) is 7.38. The smallest absolute Gasteiger partial charge is 0.171 e. The van der Waals surface area contributed by atoms with Crippen molar-refractivity contribution in [3.8, 4) is 11.5 Å². The van der Waals surface area contributed by atoms with Crippen LogP contribution in [-0.4, -0.2) is 11.7 Å². The van der Waals surface area contributed by atoms with Crippen LogP contribution in [0.2, 0.25) is 0 Å². The predicted molar refractivity (Wildman–Crippen MR) is 46.6 cm³/mol. The molecule has 70 valence electrons. The number of fused-ring (bicyclic) bond motifs is 1. The summed E-state index contributed by atoms with van der Waals surface area (Å²) in [6, 6.07) is 2.94. The number of halogens is 1. The molecule has 1 atom stereocenters. The largest absolute Gasteiger partial charge is 0.505 e. The SMILES string of the molecule is CC1CCOc2ccc(O)c(F)c21. The fourth-order valence-electron chi connectivity index (χ4n) is 1.64. The van der Waals surface area contributed by atoms with Gasteiger partial charge in [0.1, 0.15) is 5.75 Å². The summed E-state index contributed by atoms with van der Waals surface area (Å²) in [6.07, 6.45) is 0.799. The molecule has 1 N–H and O–H groups in total. The highest BCUT2D eigenvalue weighted by Crippen LogP contribution is 2.38. The van der Waals surface area contributed by atoms with Gasteiger partial charge in [-0.3, -0.25) is 0 Å². The van der Waals surface area contributed by atoms with Gasteiger partial charge < -0.3 is 9.84 Å². The van der Waals surface area contributed by atoms with Gasteiger partial charge in [0.2, 0.25) is 0 Å². The van der Waals surface area contributed by atoms with Crippen LogP contribution in [-0.2, 0) is 0 Å². The van der Waals surface area contributed by atoms with Crippen molar-refractivity contribution in [3.05, 3.63) is 23.5 Å². The van der Waals surface area contributed by atoms with Crippen molar-refractivity contribution in [2.75, 3.05) is 6.61 Å². The molecule has 1 heterocycles. The Balaban J connectivity index is 2.58. The molecule has 1 unspecified atom stereocenters. The standard InChI is InChI=1S/C10H11FO2/c1-6-4-5-13-8-3-2-7(12)10(11)9(6)8/h2-3,6,12H,4-5H2,1H3. The number of phenolic OH excluding ortho intramolecular Hbond substituents is 1. The second-order valence-corrected chi connectivity index (χ2v) is 3.35. The van der Waals surface area contributed by atoms with Crippen LogP contribution in [0.5, 0.6) is 11.5 Å². The average Bonchev–Trinajstić information content (AvgIpc) is 2.12. The van der Waals surface area contributed by atoms with Crippen LogP contribution >= 0.6 is 0 Å². The van der Waals surface area contributed by atoms with Gasteiger partial charge in [0.05, 0.1) is 6.61 Å². The van der Waals surface area contributed by atoms with Crippen molar-refractivity contribution in [2.24, 2.45) is 0 Å². The Morgan fingerprint density at radius 1 is 1.54 bits per heavy atom. The molecule has 0 aliphatic carbocycles. The van der Waals surface area contributed by atoms with Crippen molar-refractivity contribution >= 4 is 0 Å². The van der Waals surface area contributed by atoms with Gasteiger partial charge >= 0.3 is 0 Å². The summed E-state index contributed by atoms with van der Waals surface area (Å²) in [7, 11) is 0. The molecule has 2 rings (SSSR count). The lowest BCUT2D eigenvalue weighted by atomic mass is 9.94. The van der Waals surface area contributed by atoms with E-state index in [1.807, 2.05) is 6.92 Å². The minimum Gasteiger partial charge on any atom is -0.505 e. The van der Waals surface area contributed by atoms with E-state index < -0.39 is 5.82 Å². The summed E-state index contributed by atoms with van der Waals surface area (Å²) in [5, 5.41) is 9.16. The molecule has 1 aliphatic rings. The molecule has 3 heteroatoms. The van der Waals surface area contributed by atoms with Crippen LogP contribution < -0.4 is 4.74 Å². The monoisotopic (exact) mass is 182 g/mol. The van der Waals surface area contributed by atoms with Crippen LogP contribution in [0.1, 0.15) is 24.8 Å². The molecule has 1 aromatic carbocycles. The summed E-state index contributed by atoms with van der Waals surface area (Å²) in [6.45, 7) is 2.56. The van der Waals surface area contributed by atoms with Crippen LogP contribution in [0.15, 0.2) is 12.1 Å². The van der Waals surface area contributed by atoms with Gasteiger partial charge in [-0.15, -0.1) is 0 Å². The minimum atomic E-state index is -0.537. The summed E-state index contributed by atoms with van der Waals surface area (Å²) >= 11 is 0. The van der Waals surface area contributed by atoms with Crippen molar-refractivity contribution in [2.45, 2.75) is 19.3 Å². The maximum atomic E-state index is 13.4. The average molecular weight is 182 g/mol. The van der Waals surface area contributed by atoms with E-state index >= 15 is 0 Å². The second kappa shape index (κ2) is 2.91. The van der Waals surface area contributed by atoms with Gasteiger partial charge in [0.25, 0.3) is 0 Å². The third-order valence-corrected chi connectivity index (χ3v) is 2.42. The molecule has 0 aromatic heterocycles. The van der Waals surface area contributed by atoms with Crippen molar-refractivity contribution in [1.29, 1.82) is 0 Å². The number of hydrogen-bond acceptors (Lipinski definition) is 2. The lowest BCUT2D eigenvalue weighted by Crippen LogP contribution is -2.13. The Morgan fingerprint density at radius 3 is 3.08 bits per heavy atom. The van der Waals surface area contributed by atoms with E-state index in [0.29, 0.717) is 17.9 Å². The van der Waals surface area contributed by atoms with E-state index in [1.165, 1.54) is 6.07 Å². The Labute approximate surface area is 76.0 Å². The maximum Gasteiger partial charge on any atom is 0.171 e. The highest BCUT2D eigenvalue weighted by atomic mass is 19.1. The first kappa shape index (κ1) is 8.35. The molecule has 0 radical (unpaired) electrons. The molecule has 2 nitrogen and oxygen atoms in total. The molecule has 13 heavy (non-hydrogen) atoms. The molecular weight excluding hydrogens is 171 g/mol. The van der Waals surface area contributed by atoms with Crippen LogP contribution in [0.3, 0.4) is 0 Å². The van der Waals surface area contributed by atoms with Crippen LogP contribution in [0.4, 0.5) is 4.39 Å². The van der Waals surface area contributed by atoms with E-state index in [4.69, 9.17) is 9.84 Å². The molecule has 0 bridgehead atoms. The highest BCUT2D eigenvalue weighted by Gasteiger charge is 2.23. The van der Waals surface area contributed by atoms with Crippen molar-refractivity contribution in [1.82, 2.24) is 0 Å². The first-order valence-corrected chi connectivity index (χ1v) is 4.34. The first-order valence-electron chi connectivity index (χ1n) is 4.34. The summed E-state index contributed by atoms with van der Waals surface area (Å²) in [5.41, 5.74) is 0.506. The van der Waals surface area contributed by atoms with E-state index in [2.05, 4.69) is 0 Å². The molecule has 0 fully saturated rings. The first-order chi connectivity index (χ1) is 6.20. The van der Waals surface area contributed by atoms with Crippen LogP contribution in [0.25, 0.3) is 0 Å². The third kappa shape index (κ3) is 1.24. The topological polar surface area (TPSA) is 29.5 Å². The van der Waals surface area contributed by atoms with Gasteiger partial charge in [-0.25, -0.2) is 4.39 Å². The van der Waals surface area contributed by atoms with Crippen molar-refractivity contribution in [3.63, 3.8) is 0 Å². The summed E-state index contributed by atoms with van der Waals surface area (Å²) < 4.78 is 18.7. The lowest BCUT2D eigenvalue weighted by molar-refractivity contribution is 0.264. The summed E-state index contributed by atoms with van der Waals surface area (Å²) in [4.78, 5) is 0. The van der Waals surface area contributed by atoms with Gasteiger partial charge in [0.15, 0.2) is 11.6 Å². The number of rotatable bonds is 0. The number of hydrogen-bond donors (Lipinski definition) is 1. The Kier molecular flexibility index (Phi) is 1.87. The molecule has 0 saturated heterocycles. The number of phenols is 1. The minimum absolute atomic E-state index is 0.121. The molecule has 1 aliphatic heterocycles. The van der Waals surface area contributed by atoms with Gasteiger partial charge in [-0.1, -0.05) is 6.92 Å². The molecular formula is C10H11FO2. The summed E-state index contributed by atoms with van der Waals surface area (Å²) in [5.74, 6) is -0.147. The number of ether oxygens (including phenoxy) is 1. The van der Waals surface area contributed by atoms with Crippen molar-refractivity contribution < 1.29 is 14.2 Å². The van der Waals surface area contributed by atoms with E-state index in [-0.39, 0.29) is 11.7 Å². The third-order valence-electron chi connectivity index (χ3n) is 2.42. The Bertz CT molecular complexity index is 336. The Morgan fingerprint density at radius 2 is 2.31 bits per heavy atom. The lowest BCUT2D eigenvalue weighted by Gasteiger charge is -2.23. The van der Waals surface area contributed by atoms with Crippen LogP contribution in [0, 0.1) is 5.82 Å². The number of aromatic hydroxyl groups is 1. The maximum absolute atomic E-state index is 13.4. The molecule has 0 amide bonds. The van der Waals surface area contributed by atoms with E-state index in [1.54, 1.807) is 6.07 Å². The van der Waals surface area contributed by atoms with Gasteiger partial charge in [-0.05, 0) is 24.5 Å². The van der Waals surface area contributed by atoms with E-state index in [9.17, 15) is 4.39 Å². The van der Waals surface area contributed by atoms with E-state index in [0.717, 1.165) is 6.42 Å². The van der Waals surface area contributed by atoms with Gasteiger partial charge in [0, 0.05) is 5.56 Å². The molecule has 1 aromatic rings. The fourth-order valence-corrected chi connectivity index (χ4v) is 1.64. The number of benzene rings is 1. The zero-order valence-corrected chi connectivity index (χ0v) is 7.38. The second-order valence-electron chi connectivity index (χ2n) is 3.35. The normalized spacial score (nSPS) is 20.6. The predicted octanol–water partition coefficient (Wildman–Crippen LogP) is 2.42. The molecule has 0 saturated carbocycles.